The molecule has 6 nitrogen and oxygen atoms in total. The molecule has 0 saturated carbocycles. The second kappa shape index (κ2) is 6.99. The van der Waals surface area contributed by atoms with Crippen molar-refractivity contribution < 1.29 is 23.3 Å². The van der Waals surface area contributed by atoms with Crippen molar-refractivity contribution in [1.82, 2.24) is 4.90 Å². The van der Waals surface area contributed by atoms with Crippen LogP contribution in [0.5, 0.6) is 0 Å². The molecule has 2 aromatic carbocycles. The Balaban J connectivity index is 1.77. The van der Waals surface area contributed by atoms with E-state index in [1.165, 1.54) is 17.0 Å². The Hall–Kier alpha value is -2.16. The fourth-order valence-corrected chi connectivity index (χ4v) is 4.70. The first kappa shape index (κ1) is 17.7. The Morgan fingerprint density at radius 1 is 1.08 bits per heavy atom. The fourth-order valence-electron chi connectivity index (χ4n) is 2.98. The molecule has 1 atom stereocenters. The molecule has 0 radical (unpaired) electrons. The van der Waals surface area contributed by atoms with Gasteiger partial charge in [-0.25, -0.2) is 8.42 Å². The number of benzene rings is 2. The quantitative estimate of drug-likeness (QED) is 0.753. The summed E-state index contributed by atoms with van der Waals surface area (Å²) in [5.74, 6) is -0.312. The van der Waals surface area contributed by atoms with Gasteiger partial charge >= 0.3 is 7.12 Å². The molecule has 1 aliphatic heterocycles. The van der Waals surface area contributed by atoms with Crippen LogP contribution in [0.4, 0.5) is 0 Å². The fraction of sp³-hybridized carbons (Fsp3) is 0.235. The van der Waals surface area contributed by atoms with E-state index in [1.54, 1.807) is 42.5 Å². The topological polar surface area (TPSA) is 94.9 Å². The van der Waals surface area contributed by atoms with Gasteiger partial charge in [-0.2, -0.15) is 0 Å². The number of sulfone groups is 1. The number of hydrogen-bond donors (Lipinski definition) is 2. The lowest BCUT2D eigenvalue weighted by atomic mass is 9.79. The van der Waals surface area contributed by atoms with E-state index in [4.69, 9.17) is 0 Å². The molecule has 2 aromatic rings. The average molecular weight is 359 g/mol. The minimum absolute atomic E-state index is 0.127. The standard InChI is InChI=1S/C17H18BNO5S/c20-17(13-5-4-6-14(11-13)18(21)22)19-10-9-16(12-19)25(23,24)15-7-2-1-3-8-15/h1-8,11,16,21-22H,9-10,12H2. The van der Waals surface area contributed by atoms with E-state index in [0.717, 1.165) is 0 Å². The first-order chi connectivity index (χ1) is 11.9. The van der Waals surface area contributed by atoms with Crippen LogP contribution < -0.4 is 5.46 Å². The Bertz CT molecular complexity index is 870. The number of nitrogens with zero attached hydrogens (tertiary/aromatic N) is 1. The predicted molar refractivity (Wildman–Crippen MR) is 94.2 cm³/mol. The highest BCUT2D eigenvalue weighted by Gasteiger charge is 2.36. The number of likely N-dealkylation sites (tertiary alicyclic amines) is 1. The first-order valence-corrected chi connectivity index (χ1v) is 9.48. The molecule has 1 fully saturated rings. The molecule has 1 aliphatic rings. The SMILES string of the molecule is O=C(c1cccc(B(O)O)c1)N1CCC(S(=O)(=O)c2ccccc2)C1. The van der Waals surface area contributed by atoms with Crippen molar-refractivity contribution in [3.8, 4) is 0 Å². The van der Waals surface area contributed by atoms with Crippen molar-refractivity contribution in [2.24, 2.45) is 0 Å². The molecule has 0 aromatic heterocycles. The summed E-state index contributed by atoms with van der Waals surface area (Å²) in [6.45, 7) is 0.476. The number of amides is 1. The third-order valence-electron chi connectivity index (χ3n) is 4.37. The van der Waals surface area contributed by atoms with Crippen LogP contribution in [0.15, 0.2) is 59.5 Å². The van der Waals surface area contributed by atoms with Crippen LogP contribution in [0.25, 0.3) is 0 Å². The molecule has 2 N–H and O–H groups in total. The molecule has 1 heterocycles. The van der Waals surface area contributed by atoms with Crippen molar-refractivity contribution in [3.05, 3.63) is 60.2 Å². The predicted octanol–water partition coefficient (Wildman–Crippen LogP) is 0.0548. The van der Waals surface area contributed by atoms with E-state index in [2.05, 4.69) is 0 Å². The largest absolute Gasteiger partial charge is 0.488 e. The molecule has 3 rings (SSSR count). The van der Waals surface area contributed by atoms with Crippen molar-refractivity contribution in [1.29, 1.82) is 0 Å². The Kier molecular flexibility index (Phi) is 4.94. The van der Waals surface area contributed by atoms with E-state index in [0.29, 0.717) is 18.5 Å². The van der Waals surface area contributed by atoms with Gasteiger partial charge in [0, 0.05) is 18.7 Å². The molecule has 0 bridgehead atoms. The number of carbonyl (C=O) groups is 1. The summed E-state index contributed by atoms with van der Waals surface area (Å²) in [5, 5.41) is 17.8. The zero-order valence-electron chi connectivity index (χ0n) is 13.4. The molecule has 1 amide bonds. The second-order valence-electron chi connectivity index (χ2n) is 6.02. The van der Waals surface area contributed by atoms with Gasteiger partial charge in [0.15, 0.2) is 9.84 Å². The molecular weight excluding hydrogens is 341 g/mol. The Morgan fingerprint density at radius 2 is 1.80 bits per heavy atom. The van der Waals surface area contributed by atoms with Gasteiger partial charge in [-0.15, -0.1) is 0 Å². The van der Waals surface area contributed by atoms with Crippen LogP contribution in [-0.2, 0) is 9.84 Å². The van der Waals surface area contributed by atoms with Crippen molar-refractivity contribution in [2.45, 2.75) is 16.6 Å². The van der Waals surface area contributed by atoms with Gasteiger partial charge in [-0.3, -0.25) is 4.79 Å². The van der Waals surface area contributed by atoms with Crippen LogP contribution in [0.3, 0.4) is 0 Å². The Labute approximate surface area is 146 Å². The zero-order chi connectivity index (χ0) is 18.0. The van der Waals surface area contributed by atoms with Crippen molar-refractivity contribution in [2.75, 3.05) is 13.1 Å². The summed E-state index contributed by atoms with van der Waals surface area (Å²) >= 11 is 0. The third-order valence-corrected chi connectivity index (χ3v) is 6.57. The lowest BCUT2D eigenvalue weighted by molar-refractivity contribution is 0.0793. The molecule has 0 spiro atoms. The molecule has 1 saturated heterocycles. The zero-order valence-corrected chi connectivity index (χ0v) is 14.3. The van der Waals surface area contributed by atoms with E-state index in [-0.39, 0.29) is 22.8 Å². The summed E-state index contributed by atoms with van der Waals surface area (Å²) in [6.07, 6.45) is 0.380. The molecule has 1 unspecified atom stereocenters. The molecule has 0 aliphatic carbocycles. The van der Waals surface area contributed by atoms with Crippen molar-refractivity contribution >= 4 is 28.3 Å². The van der Waals surface area contributed by atoms with Crippen LogP contribution >= 0.6 is 0 Å². The lowest BCUT2D eigenvalue weighted by Gasteiger charge is -2.17. The van der Waals surface area contributed by atoms with Gasteiger partial charge in [0.25, 0.3) is 5.91 Å². The maximum atomic E-state index is 12.7. The van der Waals surface area contributed by atoms with Crippen molar-refractivity contribution in [3.63, 3.8) is 0 Å². The van der Waals surface area contributed by atoms with Gasteiger partial charge in [-0.1, -0.05) is 30.3 Å². The van der Waals surface area contributed by atoms with E-state index >= 15 is 0 Å². The summed E-state index contributed by atoms with van der Waals surface area (Å²) in [4.78, 5) is 14.4. The number of rotatable bonds is 4. The highest BCUT2D eigenvalue weighted by molar-refractivity contribution is 7.92. The average Bonchev–Trinajstić information content (AvgIpc) is 3.13. The molecule has 8 heteroatoms. The van der Waals surface area contributed by atoms with Gasteiger partial charge in [-0.05, 0) is 36.1 Å². The van der Waals surface area contributed by atoms with Gasteiger partial charge in [0.2, 0.25) is 0 Å². The lowest BCUT2D eigenvalue weighted by Crippen LogP contribution is -2.34. The molecule has 130 valence electrons. The summed E-state index contributed by atoms with van der Waals surface area (Å²) in [6, 6.07) is 14.3. The second-order valence-corrected chi connectivity index (χ2v) is 8.25. The van der Waals surface area contributed by atoms with Gasteiger partial charge in [0.05, 0.1) is 10.1 Å². The molecule has 25 heavy (non-hydrogen) atoms. The maximum absolute atomic E-state index is 12.7. The smallest absolute Gasteiger partial charge is 0.423 e. The monoisotopic (exact) mass is 359 g/mol. The third kappa shape index (κ3) is 3.61. The van der Waals surface area contributed by atoms with Gasteiger partial charge in [0.1, 0.15) is 0 Å². The van der Waals surface area contributed by atoms with Crippen LogP contribution in [0, 0.1) is 0 Å². The number of carbonyl (C=O) groups excluding carboxylic acids is 1. The first-order valence-electron chi connectivity index (χ1n) is 7.94. The maximum Gasteiger partial charge on any atom is 0.488 e. The minimum atomic E-state index is -3.48. The van der Waals surface area contributed by atoms with E-state index in [9.17, 15) is 23.3 Å². The highest BCUT2D eigenvalue weighted by atomic mass is 32.2. The molecular formula is C17H18BNO5S. The summed E-state index contributed by atoms with van der Waals surface area (Å²) in [5.41, 5.74) is 0.530. The highest BCUT2D eigenvalue weighted by Crippen LogP contribution is 2.24. The normalized spacial score (nSPS) is 17.5. The summed E-state index contributed by atoms with van der Waals surface area (Å²) in [7, 11) is -5.14. The van der Waals surface area contributed by atoms with E-state index < -0.39 is 22.2 Å². The summed E-state index contributed by atoms with van der Waals surface area (Å²) < 4.78 is 25.4. The minimum Gasteiger partial charge on any atom is -0.423 e. The van der Waals surface area contributed by atoms with Crippen LogP contribution in [0.2, 0.25) is 0 Å². The van der Waals surface area contributed by atoms with Crippen LogP contribution in [0.1, 0.15) is 16.8 Å². The number of hydrogen-bond acceptors (Lipinski definition) is 5. The van der Waals surface area contributed by atoms with E-state index in [1.807, 2.05) is 0 Å². The Morgan fingerprint density at radius 3 is 2.48 bits per heavy atom. The van der Waals surface area contributed by atoms with Crippen LogP contribution in [-0.4, -0.2) is 54.7 Å². The van der Waals surface area contributed by atoms with Gasteiger partial charge < -0.3 is 14.9 Å².